The van der Waals surface area contributed by atoms with Gasteiger partial charge in [-0.15, -0.1) is 0 Å². The van der Waals surface area contributed by atoms with Crippen molar-refractivity contribution in [1.29, 1.82) is 5.26 Å². The SMILES string of the molecule is N#Cc1ccc(N2CCN(c3nccc(N4CCOCC4)n3)CC2)cc1F. The molecule has 2 saturated heterocycles. The molecular formula is C19H21FN6O. The number of aromatic nitrogens is 2. The van der Waals surface area contributed by atoms with Gasteiger partial charge in [-0.2, -0.15) is 10.2 Å². The number of halogens is 1. The predicted octanol–water partition coefficient (Wildman–Crippen LogP) is 1.65. The van der Waals surface area contributed by atoms with E-state index in [-0.39, 0.29) is 5.56 Å². The number of hydrogen-bond acceptors (Lipinski definition) is 7. The third-order valence-corrected chi connectivity index (χ3v) is 4.96. The Hall–Kier alpha value is -2.92. The van der Waals surface area contributed by atoms with Gasteiger partial charge in [0.2, 0.25) is 5.95 Å². The normalized spacial score (nSPS) is 17.7. The lowest BCUT2D eigenvalue weighted by molar-refractivity contribution is 0.122. The molecule has 2 fully saturated rings. The van der Waals surface area contributed by atoms with Crippen molar-refractivity contribution in [2.24, 2.45) is 0 Å². The molecule has 0 aliphatic carbocycles. The average molecular weight is 368 g/mol. The fraction of sp³-hybridized carbons (Fsp3) is 0.421. The van der Waals surface area contributed by atoms with E-state index in [1.54, 1.807) is 12.3 Å². The zero-order valence-electron chi connectivity index (χ0n) is 15.0. The number of morpholine rings is 1. The zero-order valence-corrected chi connectivity index (χ0v) is 15.0. The molecular weight excluding hydrogens is 347 g/mol. The highest BCUT2D eigenvalue weighted by atomic mass is 19.1. The molecule has 0 saturated carbocycles. The van der Waals surface area contributed by atoms with Crippen LogP contribution in [-0.4, -0.2) is 62.5 Å². The zero-order chi connectivity index (χ0) is 18.6. The van der Waals surface area contributed by atoms with Crippen LogP contribution >= 0.6 is 0 Å². The Morgan fingerprint density at radius 2 is 1.70 bits per heavy atom. The van der Waals surface area contributed by atoms with Crippen LogP contribution in [0.4, 0.5) is 21.8 Å². The number of nitriles is 1. The van der Waals surface area contributed by atoms with Crippen molar-refractivity contribution < 1.29 is 9.13 Å². The largest absolute Gasteiger partial charge is 0.378 e. The maximum atomic E-state index is 13.9. The van der Waals surface area contributed by atoms with Crippen molar-refractivity contribution in [2.75, 3.05) is 67.2 Å². The molecule has 0 radical (unpaired) electrons. The molecule has 0 N–H and O–H groups in total. The van der Waals surface area contributed by atoms with Crippen molar-refractivity contribution in [3.05, 3.63) is 41.8 Å². The summed E-state index contributed by atoms with van der Waals surface area (Å²) in [4.78, 5) is 15.6. The van der Waals surface area contributed by atoms with Gasteiger partial charge in [-0.25, -0.2) is 9.37 Å². The molecule has 140 valence electrons. The van der Waals surface area contributed by atoms with Crippen LogP contribution in [0.5, 0.6) is 0 Å². The van der Waals surface area contributed by atoms with Gasteiger partial charge in [0.1, 0.15) is 17.7 Å². The molecule has 0 bridgehead atoms. The molecule has 7 nitrogen and oxygen atoms in total. The second-order valence-electron chi connectivity index (χ2n) is 6.56. The number of anilines is 3. The summed E-state index contributed by atoms with van der Waals surface area (Å²) in [7, 11) is 0. The van der Waals surface area contributed by atoms with Crippen molar-refractivity contribution in [3.8, 4) is 6.07 Å². The van der Waals surface area contributed by atoms with Gasteiger partial charge in [0.15, 0.2) is 0 Å². The van der Waals surface area contributed by atoms with Crippen LogP contribution in [0, 0.1) is 17.1 Å². The molecule has 8 heteroatoms. The van der Waals surface area contributed by atoms with Crippen molar-refractivity contribution in [1.82, 2.24) is 9.97 Å². The number of hydrogen-bond donors (Lipinski definition) is 0. The Labute approximate surface area is 157 Å². The maximum Gasteiger partial charge on any atom is 0.227 e. The van der Waals surface area contributed by atoms with Gasteiger partial charge in [-0.1, -0.05) is 0 Å². The van der Waals surface area contributed by atoms with Gasteiger partial charge in [-0.05, 0) is 24.3 Å². The van der Waals surface area contributed by atoms with Crippen LogP contribution in [0.3, 0.4) is 0 Å². The molecule has 1 aromatic carbocycles. The van der Waals surface area contributed by atoms with Crippen LogP contribution in [0.1, 0.15) is 5.56 Å². The highest BCUT2D eigenvalue weighted by Crippen LogP contribution is 2.22. The Bertz CT molecular complexity index is 840. The standard InChI is InChI=1S/C19H21FN6O/c20-17-13-16(2-1-15(17)14-21)24-5-7-26(8-6-24)19-22-4-3-18(23-19)25-9-11-27-12-10-25/h1-4,13H,5-12H2. The quantitative estimate of drug-likeness (QED) is 0.816. The fourth-order valence-electron chi connectivity index (χ4n) is 3.42. The van der Waals surface area contributed by atoms with E-state index in [1.165, 1.54) is 12.1 Å². The van der Waals surface area contributed by atoms with E-state index >= 15 is 0 Å². The summed E-state index contributed by atoms with van der Waals surface area (Å²) in [6, 6.07) is 8.56. The van der Waals surface area contributed by atoms with Gasteiger partial charge < -0.3 is 19.4 Å². The molecule has 3 heterocycles. The molecule has 27 heavy (non-hydrogen) atoms. The second kappa shape index (κ2) is 7.76. The van der Waals surface area contributed by atoms with E-state index < -0.39 is 5.82 Å². The van der Waals surface area contributed by atoms with Gasteiger partial charge >= 0.3 is 0 Å². The first kappa shape index (κ1) is 17.5. The van der Waals surface area contributed by atoms with Gasteiger partial charge in [0.25, 0.3) is 0 Å². The van der Waals surface area contributed by atoms with E-state index in [0.717, 1.165) is 69.9 Å². The van der Waals surface area contributed by atoms with Crippen molar-refractivity contribution in [2.45, 2.75) is 0 Å². The lowest BCUT2D eigenvalue weighted by Gasteiger charge is -2.36. The molecule has 2 aromatic rings. The van der Waals surface area contributed by atoms with Crippen LogP contribution in [0.2, 0.25) is 0 Å². The Kier molecular flexibility index (Phi) is 5.03. The molecule has 0 amide bonds. The van der Waals surface area contributed by atoms with Crippen LogP contribution in [-0.2, 0) is 4.74 Å². The molecule has 0 unspecified atom stereocenters. The number of benzene rings is 1. The highest BCUT2D eigenvalue weighted by molar-refractivity contribution is 5.52. The molecule has 1 aromatic heterocycles. The van der Waals surface area contributed by atoms with E-state index in [0.29, 0.717) is 0 Å². The Morgan fingerprint density at radius 3 is 2.41 bits per heavy atom. The summed E-state index contributed by atoms with van der Waals surface area (Å²) < 4.78 is 19.3. The second-order valence-corrected chi connectivity index (χ2v) is 6.56. The number of rotatable bonds is 3. The fourth-order valence-corrected chi connectivity index (χ4v) is 3.42. The minimum absolute atomic E-state index is 0.0747. The van der Waals surface area contributed by atoms with Crippen LogP contribution < -0.4 is 14.7 Å². The van der Waals surface area contributed by atoms with Gasteiger partial charge in [-0.3, -0.25) is 0 Å². The van der Waals surface area contributed by atoms with E-state index in [1.807, 2.05) is 12.1 Å². The molecule has 2 aliphatic rings. The molecule has 2 aliphatic heterocycles. The minimum Gasteiger partial charge on any atom is -0.378 e. The smallest absolute Gasteiger partial charge is 0.227 e. The first-order chi connectivity index (χ1) is 13.2. The Morgan fingerprint density at radius 1 is 0.963 bits per heavy atom. The van der Waals surface area contributed by atoms with Crippen molar-refractivity contribution in [3.63, 3.8) is 0 Å². The van der Waals surface area contributed by atoms with Gasteiger partial charge in [0.05, 0.1) is 18.8 Å². The van der Waals surface area contributed by atoms with Crippen molar-refractivity contribution >= 4 is 17.5 Å². The Balaban J connectivity index is 1.42. The summed E-state index contributed by atoms with van der Waals surface area (Å²) in [5.41, 5.74) is 0.875. The third kappa shape index (κ3) is 3.78. The van der Waals surface area contributed by atoms with Gasteiger partial charge in [0, 0.05) is 51.2 Å². The maximum absolute atomic E-state index is 13.9. The lowest BCUT2D eigenvalue weighted by atomic mass is 10.2. The van der Waals surface area contributed by atoms with E-state index in [4.69, 9.17) is 15.0 Å². The summed E-state index contributed by atoms with van der Waals surface area (Å²) in [6.07, 6.45) is 1.80. The number of piperazine rings is 1. The first-order valence-corrected chi connectivity index (χ1v) is 9.10. The monoisotopic (exact) mass is 368 g/mol. The predicted molar refractivity (Wildman–Crippen MR) is 101 cm³/mol. The molecule has 4 rings (SSSR count). The first-order valence-electron chi connectivity index (χ1n) is 9.10. The molecule has 0 spiro atoms. The summed E-state index contributed by atoms with van der Waals surface area (Å²) in [5, 5.41) is 8.86. The average Bonchev–Trinajstić information content (AvgIpc) is 2.74. The third-order valence-electron chi connectivity index (χ3n) is 4.96. The van der Waals surface area contributed by atoms with E-state index in [9.17, 15) is 4.39 Å². The van der Waals surface area contributed by atoms with E-state index in [2.05, 4.69) is 19.7 Å². The van der Waals surface area contributed by atoms with Crippen LogP contribution in [0.15, 0.2) is 30.5 Å². The van der Waals surface area contributed by atoms with Crippen LogP contribution in [0.25, 0.3) is 0 Å². The summed E-state index contributed by atoms with van der Waals surface area (Å²) >= 11 is 0. The number of nitrogens with zero attached hydrogens (tertiary/aromatic N) is 6. The highest BCUT2D eigenvalue weighted by Gasteiger charge is 2.21. The summed E-state index contributed by atoms with van der Waals surface area (Å²) in [6.45, 7) is 6.14. The minimum atomic E-state index is -0.473. The summed E-state index contributed by atoms with van der Waals surface area (Å²) in [5.74, 6) is 1.18. The number of ether oxygens (including phenoxy) is 1. The molecule has 0 atom stereocenters. The lowest BCUT2D eigenvalue weighted by Crippen LogP contribution is -2.47. The topological polar surface area (TPSA) is 68.5 Å².